The molecule has 0 atom stereocenters. The molecule has 0 saturated heterocycles. The van der Waals surface area contributed by atoms with E-state index in [-0.39, 0.29) is 5.91 Å². The lowest BCUT2D eigenvalue weighted by Crippen LogP contribution is -2.13. The number of primary amides is 1. The third-order valence-corrected chi connectivity index (χ3v) is 6.77. The minimum Gasteiger partial charge on any atom is -0.364 e. The minimum absolute atomic E-state index is 0.291. The van der Waals surface area contributed by atoms with Crippen LogP contribution in [0.5, 0.6) is 0 Å². The van der Waals surface area contributed by atoms with Crippen molar-refractivity contribution < 1.29 is 9.59 Å². The summed E-state index contributed by atoms with van der Waals surface area (Å²) in [4.78, 5) is 37.3. The molecule has 0 radical (unpaired) electrons. The fourth-order valence-corrected chi connectivity index (χ4v) is 4.97. The van der Waals surface area contributed by atoms with Gasteiger partial charge in [0.2, 0.25) is 0 Å². The van der Waals surface area contributed by atoms with Gasteiger partial charge in [-0.25, -0.2) is 9.97 Å². The zero-order valence-corrected chi connectivity index (χ0v) is 18.6. The number of aromatic nitrogens is 3. The van der Waals surface area contributed by atoms with Gasteiger partial charge in [-0.05, 0) is 30.3 Å². The molecule has 10 heteroatoms. The number of anilines is 1. The van der Waals surface area contributed by atoms with Crippen molar-refractivity contribution in [3.8, 4) is 21.8 Å². The maximum atomic E-state index is 13.2. The summed E-state index contributed by atoms with van der Waals surface area (Å²) in [5.41, 5.74) is 8.80. The van der Waals surface area contributed by atoms with Crippen LogP contribution in [0, 0.1) is 0 Å². The number of hydrogen-bond acceptors (Lipinski definition) is 6. The van der Waals surface area contributed by atoms with Crippen LogP contribution in [0.25, 0.3) is 32.7 Å². The molecule has 0 aliphatic carbocycles. The van der Waals surface area contributed by atoms with Gasteiger partial charge in [-0.2, -0.15) is 0 Å². The number of aromatic amines is 1. The number of rotatable bonds is 5. The van der Waals surface area contributed by atoms with E-state index in [0.29, 0.717) is 43.2 Å². The molecule has 0 spiro atoms. The van der Waals surface area contributed by atoms with Crippen LogP contribution in [0.2, 0.25) is 4.34 Å². The first-order chi connectivity index (χ1) is 15.5. The second-order valence-electron chi connectivity index (χ2n) is 6.83. The highest BCUT2D eigenvalue weighted by molar-refractivity contribution is 7.19. The maximum Gasteiger partial charge on any atom is 0.265 e. The molecule has 5 rings (SSSR count). The Labute approximate surface area is 194 Å². The quantitative estimate of drug-likeness (QED) is 0.312. The Bertz CT molecular complexity index is 1490. The van der Waals surface area contributed by atoms with Crippen LogP contribution in [-0.2, 0) is 0 Å². The van der Waals surface area contributed by atoms with Gasteiger partial charge in [0.1, 0.15) is 5.69 Å². The van der Waals surface area contributed by atoms with Crippen molar-refractivity contribution in [2.24, 2.45) is 5.73 Å². The van der Waals surface area contributed by atoms with Crippen LogP contribution in [0.3, 0.4) is 0 Å². The van der Waals surface area contributed by atoms with Crippen molar-refractivity contribution in [1.82, 2.24) is 15.0 Å². The number of thiophene rings is 1. The van der Waals surface area contributed by atoms with Gasteiger partial charge in [-0.1, -0.05) is 29.8 Å². The Morgan fingerprint density at radius 3 is 2.66 bits per heavy atom. The monoisotopic (exact) mass is 479 g/mol. The van der Waals surface area contributed by atoms with Crippen LogP contribution in [0.15, 0.2) is 60.1 Å². The summed E-state index contributed by atoms with van der Waals surface area (Å²) in [7, 11) is 0. The molecule has 158 valence electrons. The predicted octanol–water partition coefficient (Wildman–Crippen LogP) is 5.42. The average Bonchev–Trinajstić information content (AvgIpc) is 3.53. The largest absolute Gasteiger partial charge is 0.364 e. The summed E-state index contributed by atoms with van der Waals surface area (Å²) in [6.45, 7) is 0. The number of carbonyl (C=O) groups is 2. The lowest BCUT2D eigenvalue weighted by Gasteiger charge is -2.08. The number of nitrogens with zero attached hydrogens (tertiary/aromatic N) is 2. The van der Waals surface area contributed by atoms with Crippen LogP contribution < -0.4 is 11.1 Å². The van der Waals surface area contributed by atoms with E-state index in [9.17, 15) is 9.59 Å². The number of nitrogens with two attached hydrogens (primary N) is 1. The number of fused-ring (bicyclic) bond motifs is 1. The first-order valence-corrected chi connectivity index (χ1v) is 11.5. The minimum atomic E-state index is -0.549. The number of pyridine rings is 1. The number of thiazole rings is 1. The zero-order chi connectivity index (χ0) is 22.2. The Morgan fingerprint density at radius 1 is 1.06 bits per heavy atom. The van der Waals surface area contributed by atoms with E-state index < -0.39 is 5.91 Å². The molecule has 4 N–H and O–H groups in total. The third-order valence-electron chi connectivity index (χ3n) is 4.76. The zero-order valence-electron chi connectivity index (χ0n) is 16.3. The van der Waals surface area contributed by atoms with Gasteiger partial charge < -0.3 is 10.7 Å². The molecule has 0 aliphatic heterocycles. The van der Waals surface area contributed by atoms with Gasteiger partial charge in [0, 0.05) is 22.5 Å². The SMILES string of the molecule is NC(=O)c1cc(-c2csc(NC(=O)c3cc(-c4ccc(Cl)s4)nc4ccccc34)n2)c[nH]1. The van der Waals surface area contributed by atoms with Gasteiger partial charge in [-0.3, -0.25) is 14.9 Å². The molecule has 0 aliphatic rings. The Hall–Kier alpha value is -3.53. The van der Waals surface area contributed by atoms with Crippen molar-refractivity contribution in [2.75, 3.05) is 5.32 Å². The normalized spacial score (nSPS) is 11.0. The molecule has 0 saturated carbocycles. The molecular formula is C22H14ClN5O2S2. The molecule has 0 fully saturated rings. The lowest BCUT2D eigenvalue weighted by atomic mass is 10.1. The number of halogens is 1. The third kappa shape index (κ3) is 3.89. The second kappa shape index (κ2) is 8.19. The molecular weight excluding hydrogens is 466 g/mol. The smallest absolute Gasteiger partial charge is 0.265 e. The number of para-hydroxylation sites is 1. The lowest BCUT2D eigenvalue weighted by molar-refractivity contribution is 0.0994. The van der Waals surface area contributed by atoms with Gasteiger partial charge in [0.25, 0.3) is 11.8 Å². The molecule has 7 nitrogen and oxygen atoms in total. The van der Waals surface area contributed by atoms with Crippen LogP contribution in [0.1, 0.15) is 20.8 Å². The number of hydrogen-bond donors (Lipinski definition) is 3. The van der Waals surface area contributed by atoms with E-state index in [4.69, 9.17) is 17.3 Å². The Morgan fingerprint density at radius 2 is 1.91 bits per heavy atom. The van der Waals surface area contributed by atoms with Crippen molar-refractivity contribution in [1.29, 1.82) is 0 Å². The predicted molar refractivity (Wildman–Crippen MR) is 128 cm³/mol. The average molecular weight is 480 g/mol. The topological polar surface area (TPSA) is 114 Å². The summed E-state index contributed by atoms with van der Waals surface area (Å²) in [5.74, 6) is -0.840. The van der Waals surface area contributed by atoms with Gasteiger partial charge in [0.05, 0.1) is 31.7 Å². The molecule has 4 aromatic heterocycles. The number of amides is 2. The Balaban J connectivity index is 1.47. The van der Waals surface area contributed by atoms with Crippen LogP contribution in [-0.4, -0.2) is 26.8 Å². The van der Waals surface area contributed by atoms with E-state index in [2.05, 4.69) is 20.3 Å². The first-order valence-electron chi connectivity index (χ1n) is 9.39. The highest BCUT2D eigenvalue weighted by Crippen LogP contribution is 2.33. The summed E-state index contributed by atoms with van der Waals surface area (Å²) in [5, 5.41) is 5.85. The van der Waals surface area contributed by atoms with E-state index in [1.807, 2.05) is 30.3 Å². The van der Waals surface area contributed by atoms with Crippen LogP contribution in [0.4, 0.5) is 5.13 Å². The molecule has 4 heterocycles. The molecule has 32 heavy (non-hydrogen) atoms. The fraction of sp³-hybridized carbons (Fsp3) is 0. The van der Waals surface area contributed by atoms with Crippen molar-refractivity contribution in [3.05, 3.63) is 75.7 Å². The number of H-pyrrole nitrogens is 1. The van der Waals surface area contributed by atoms with E-state index in [1.54, 1.807) is 29.8 Å². The molecule has 2 amide bonds. The summed E-state index contributed by atoms with van der Waals surface area (Å²) in [6, 6.07) is 14.6. The highest BCUT2D eigenvalue weighted by Gasteiger charge is 2.17. The van der Waals surface area contributed by atoms with Gasteiger partial charge in [0.15, 0.2) is 5.13 Å². The van der Waals surface area contributed by atoms with Crippen molar-refractivity contribution in [3.63, 3.8) is 0 Å². The summed E-state index contributed by atoms with van der Waals surface area (Å²) >= 11 is 8.78. The van der Waals surface area contributed by atoms with E-state index in [0.717, 1.165) is 10.3 Å². The van der Waals surface area contributed by atoms with Crippen LogP contribution >= 0.6 is 34.3 Å². The van der Waals surface area contributed by atoms with E-state index >= 15 is 0 Å². The number of carbonyl (C=O) groups excluding carboxylic acids is 2. The molecule has 1 aromatic carbocycles. The Kier molecular flexibility index (Phi) is 5.22. The van der Waals surface area contributed by atoms with Gasteiger partial charge >= 0.3 is 0 Å². The standard InChI is InChI=1S/C22H14ClN5O2S2/c23-19-6-5-18(32-19)15-8-13(12-3-1-2-4-14(12)26-15)21(30)28-22-27-17(10-31-22)11-7-16(20(24)29)25-9-11/h1-10,25H,(H2,24,29)(H,27,28,30). The summed E-state index contributed by atoms with van der Waals surface area (Å²) < 4.78 is 0.653. The first kappa shape index (κ1) is 20.4. The summed E-state index contributed by atoms with van der Waals surface area (Å²) in [6.07, 6.45) is 1.65. The van der Waals surface area contributed by atoms with Crippen molar-refractivity contribution >= 4 is 62.1 Å². The van der Waals surface area contributed by atoms with E-state index in [1.165, 1.54) is 22.7 Å². The fourth-order valence-electron chi connectivity index (χ4n) is 3.25. The maximum absolute atomic E-state index is 13.2. The van der Waals surface area contributed by atoms with Crippen molar-refractivity contribution in [2.45, 2.75) is 0 Å². The molecule has 5 aromatic rings. The second-order valence-corrected chi connectivity index (χ2v) is 9.41. The molecule has 0 unspecified atom stereocenters. The van der Waals surface area contributed by atoms with Gasteiger partial charge in [-0.15, -0.1) is 22.7 Å². The number of nitrogens with one attached hydrogen (secondary N) is 2. The highest BCUT2D eigenvalue weighted by atomic mass is 35.5. The number of benzene rings is 1. The molecule has 0 bridgehead atoms.